The summed E-state index contributed by atoms with van der Waals surface area (Å²) >= 11 is 1.67. The van der Waals surface area contributed by atoms with E-state index in [0.29, 0.717) is 6.04 Å². The number of hydrogen-bond donors (Lipinski definition) is 0. The fourth-order valence-corrected chi connectivity index (χ4v) is 5.35. The van der Waals surface area contributed by atoms with Gasteiger partial charge in [-0.2, -0.15) is 0 Å². The first-order valence-corrected chi connectivity index (χ1v) is 12.5. The van der Waals surface area contributed by atoms with Crippen LogP contribution in [0.2, 0.25) is 0 Å². The normalized spacial score (nSPS) is 16.7. The Balaban J connectivity index is 1.67. The van der Waals surface area contributed by atoms with Gasteiger partial charge in [0.1, 0.15) is 21.5 Å². The smallest absolute Gasteiger partial charge is 0.146 e. The van der Waals surface area contributed by atoms with Crippen LogP contribution in [0.5, 0.6) is 0 Å². The molecule has 2 heterocycles. The first-order chi connectivity index (χ1) is 16.2. The van der Waals surface area contributed by atoms with E-state index in [0.717, 1.165) is 39.2 Å². The van der Waals surface area contributed by atoms with Gasteiger partial charge in [0.05, 0.1) is 0 Å². The Morgan fingerprint density at radius 2 is 1.55 bits per heavy atom. The third-order valence-electron chi connectivity index (χ3n) is 6.27. The van der Waals surface area contributed by atoms with Gasteiger partial charge in [-0.3, -0.25) is 0 Å². The zero-order valence-electron chi connectivity index (χ0n) is 19.2. The molecule has 5 rings (SSSR count). The van der Waals surface area contributed by atoms with E-state index in [1.54, 1.807) is 11.3 Å². The second-order valence-corrected chi connectivity index (χ2v) is 9.72. The van der Waals surface area contributed by atoms with E-state index >= 15 is 0 Å². The summed E-state index contributed by atoms with van der Waals surface area (Å²) < 4.78 is 0. The minimum atomic E-state index is 0.473. The number of thiazole rings is 1. The van der Waals surface area contributed by atoms with Gasteiger partial charge in [-0.25, -0.2) is 9.98 Å². The molecule has 1 aliphatic heterocycles. The summed E-state index contributed by atoms with van der Waals surface area (Å²) in [5.41, 5.74) is 5.62. The zero-order valence-corrected chi connectivity index (χ0v) is 20.1. The Morgan fingerprint density at radius 3 is 2.21 bits per heavy atom. The van der Waals surface area contributed by atoms with Gasteiger partial charge in [0.25, 0.3) is 0 Å². The second kappa shape index (κ2) is 9.72. The topological polar surface area (TPSA) is 28.5 Å². The molecule has 4 aromatic rings. The number of rotatable bonds is 4. The summed E-state index contributed by atoms with van der Waals surface area (Å²) in [6.07, 6.45) is 3.69. The summed E-state index contributed by atoms with van der Waals surface area (Å²) in [5.74, 6) is 1.06. The summed E-state index contributed by atoms with van der Waals surface area (Å²) in [5, 5.41) is 1.97. The zero-order chi connectivity index (χ0) is 22.6. The number of hydrogen-bond acceptors (Lipinski definition) is 3. The average Bonchev–Trinajstić information content (AvgIpc) is 3.29. The van der Waals surface area contributed by atoms with Crippen LogP contribution in [0.15, 0.2) is 89.9 Å². The molecule has 1 aromatic heterocycles. The Morgan fingerprint density at radius 1 is 0.879 bits per heavy atom. The standard InChI is InChI=1S/C29H29N3S/c1-21-16-18-24(19-17-21)27(32-20-10-9-11-22(32)2)31-29-26(23-12-5-3-6-13-23)30-28(33-29)25-14-7-4-8-15-25/h3-8,12-19,22H,9-11,20H2,1-2H3. The van der Waals surface area contributed by atoms with Crippen molar-refractivity contribution in [2.24, 2.45) is 4.99 Å². The van der Waals surface area contributed by atoms with Crippen LogP contribution in [0.25, 0.3) is 21.8 Å². The van der Waals surface area contributed by atoms with Crippen LogP contribution in [0.3, 0.4) is 0 Å². The Labute approximate surface area is 200 Å². The van der Waals surface area contributed by atoms with Gasteiger partial charge in [0, 0.05) is 29.3 Å². The predicted molar refractivity (Wildman–Crippen MR) is 140 cm³/mol. The first-order valence-electron chi connectivity index (χ1n) is 11.7. The minimum Gasteiger partial charge on any atom is -0.353 e. The molecule has 1 atom stereocenters. The molecule has 0 radical (unpaired) electrons. The highest BCUT2D eigenvalue weighted by atomic mass is 32.1. The van der Waals surface area contributed by atoms with Crippen molar-refractivity contribution in [2.75, 3.05) is 6.54 Å². The molecule has 1 aliphatic rings. The van der Waals surface area contributed by atoms with Crippen molar-refractivity contribution in [2.45, 2.75) is 39.2 Å². The molecule has 3 aromatic carbocycles. The van der Waals surface area contributed by atoms with E-state index in [4.69, 9.17) is 9.98 Å². The summed E-state index contributed by atoms with van der Waals surface area (Å²) in [6.45, 7) is 5.49. The molecule has 0 N–H and O–H groups in total. The van der Waals surface area contributed by atoms with Crippen molar-refractivity contribution in [3.63, 3.8) is 0 Å². The highest BCUT2D eigenvalue weighted by Gasteiger charge is 2.24. The quantitative estimate of drug-likeness (QED) is 0.234. The third kappa shape index (κ3) is 4.76. The molecule has 0 amide bonds. The molecule has 4 heteroatoms. The number of aromatic nitrogens is 1. The molecule has 166 valence electrons. The monoisotopic (exact) mass is 451 g/mol. The highest BCUT2D eigenvalue weighted by Crippen LogP contribution is 2.40. The van der Waals surface area contributed by atoms with Crippen molar-refractivity contribution in [1.82, 2.24) is 9.88 Å². The number of aliphatic imine (C=N–C) groups is 1. The lowest BCUT2D eigenvalue weighted by Crippen LogP contribution is -2.42. The predicted octanol–water partition coefficient (Wildman–Crippen LogP) is 7.74. The largest absolute Gasteiger partial charge is 0.353 e. The van der Waals surface area contributed by atoms with E-state index in [9.17, 15) is 0 Å². The number of benzene rings is 3. The molecule has 0 bridgehead atoms. The summed E-state index contributed by atoms with van der Waals surface area (Å²) in [4.78, 5) is 12.9. The Bertz CT molecular complexity index is 1230. The SMILES string of the molecule is Cc1ccc(C(=Nc2sc(-c3ccccc3)nc2-c2ccccc2)N2CCCCC2C)cc1. The molecule has 1 saturated heterocycles. The lowest BCUT2D eigenvalue weighted by atomic mass is 10.0. The summed E-state index contributed by atoms with van der Waals surface area (Å²) in [7, 11) is 0. The Kier molecular flexibility index (Phi) is 6.36. The lowest BCUT2D eigenvalue weighted by Gasteiger charge is -2.36. The van der Waals surface area contributed by atoms with E-state index in [-0.39, 0.29) is 0 Å². The highest BCUT2D eigenvalue weighted by molar-refractivity contribution is 7.19. The third-order valence-corrected chi connectivity index (χ3v) is 7.27. The number of likely N-dealkylation sites (tertiary alicyclic amines) is 1. The van der Waals surface area contributed by atoms with Crippen LogP contribution in [-0.2, 0) is 0 Å². The average molecular weight is 452 g/mol. The van der Waals surface area contributed by atoms with Gasteiger partial charge >= 0.3 is 0 Å². The van der Waals surface area contributed by atoms with Gasteiger partial charge in [0.15, 0.2) is 0 Å². The molecule has 33 heavy (non-hydrogen) atoms. The van der Waals surface area contributed by atoms with Gasteiger partial charge in [-0.1, -0.05) is 102 Å². The minimum absolute atomic E-state index is 0.473. The molecule has 0 aliphatic carbocycles. The van der Waals surface area contributed by atoms with Gasteiger partial charge in [0.2, 0.25) is 0 Å². The number of amidine groups is 1. The van der Waals surface area contributed by atoms with Gasteiger partial charge in [-0.05, 0) is 33.1 Å². The van der Waals surface area contributed by atoms with E-state index in [2.05, 4.69) is 91.5 Å². The van der Waals surface area contributed by atoms with Crippen molar-refractivity contribution < 1.29 is 0 Å². The van der Waals surface area contributed by atoms with Crippen LogP contribution in [0, 0.1) is 6.92 Å². The van der Waals surface area contributed by atoms with Crippen LogP contribution < -0.4 is 0 Å². The fourth-order valence-electron chi connectivity index (χ4n) is 4.38. The fraction of sp³-hybridized carbons (Fsp3) is 0.241. The molecular weight excluding hydrogens is 422 g/mol. The Hall–Kier alpha value is -3.24. The van der Waals surface area contributed by atoms with E-state index in [1.807, 2.05) is 12.1 Å². The van der Waals surface area contributed by atoms with Crippen LogP contribution >= 0.6 is 11.3 Å². The molecular formula is C29H29N3S. The maximum Gasteiger partial charge on any atom is 0.146 e. The molecule has 1 fully saturated rings. The number of nitrogens with zero attached hydrogens (tertiary/aromatic N) is 3. The summed E-state index contributed by atoms with van der Waals surface area (Å²) in [6, 6.07) is 30.1. The van der Waals surface area contributed by atoms with Crippen molar-refractivity contribution >= 4 is 22.2 Å². The van der Waals surface area contributed by atoms with Crippen LogP contribution in [0.4, 0.5) is 5.00 Å². The van der Waals surface area contributed by atoms with Crippen molar-refractivity contribution in [3.05, 3.63) is 96.1 Å². The van der Waals surface area contributed by atoms with Crippen LogP contribution in [0.1, 0.15) is 37.3 Å². The maximum absolute atomic E-state index is 5.35. The van der Waals surface area contributed by atoms with Gasteiger partial charge < -0.3 is 4.90 Å². The van der Waals surface area contributed by atoms with E-state index in [1.165, 1.54) is 30.4 Å². The maximum atomic E-state index is 5.35. The number of piperidine rings is 1. The first kappa shape index (κ1) is 21.6. The molecule has 3 nitrogen and oxygen atoms in total. The lowest BCUT2D eigenvalue weighted by molar-refractivity contribution is 0.259. The van der Waals surface area contributed by atoms with Crippen LogP contribution in [-0.4, -0.2) is 28.3 Å². The van der Waals surface area contributed by atoms with Gasteiger partial charge in [-0.15, -0.1) is 0 Å². The number of aryl methyl sites for hydroxylation is 1. The second-order valence-electron chi connectivity index (χ2n) is 8.74. The van der Waals surface area contributed by atoms with Crippen molar-refractivity contribution in [1.29, 1.82) is 0 Å². The molecule has 0 spiro atoms. The molecule has 0 saturated carbocycles. The van der Waals surface area contributed by atoms with E-state index < -0.39 is 0 Å². The molecule has 1 unspecified atom stereocenters. The van der Waals surface area contributed by atoms with Crippen molar-refractivity contribution in [3.8, 4) is 21.8 Å².